The summed E-state index contributed by atoms with van der Waals surface area (Å²) in [5.41, 5.74) is -1.12. The van der Waals surface area contributed by atoms with Crippen LogP contribution in [0.1, 0.15) is 38.7 Å². The van der Waals surface area contributed by atoms with E-state index < -0.39 is 38.8 Å². The van der Waals surface area contributed by atoms with Crippen LogP contribution in [-0.2, 0) is 29.1 Å². The zero-order valence-corrected chi connectivity index (χ0v) is 18.6. The molecule has 4 rings (SSSR count). The number of amides is 1. The monoisotopic (exact) mass is 443 g/mol. The van der Waals surface area contributed by atoms with Crippen molar-refractivity contribution in [1.82, 2.24) is 4.31 Å². The van der Waals surface area contributed by atoms with Gasteiger partial charge in [0.1, 0.15) is 0 Å². The highest BCUT2D eigenvalue weighted by molar-refractivity contribution is 7.89. The number of aryl methyl sites for hydroxylation is 1. The van der Waals surface area contributed by atoms with Gasteiger partial charge in [-0.1, -0.05) is 29.8 Å². The van der Waals surface area contributed by atoms with Crippen molar-refractivity contribution in [2.45, 2.75) is 50.5 Å². The van der Waals surface area contributed by atoms with Gasteiger partial charge in [-0.15, -0.1) is 0 Å². The normalized spacial score (nSPS) is 30.0. The molecule has 8 heteroatoms. The predicted octanol–water partition coefficient (Wildman–Crippen LogP) is 2.70. The van der Waals surface area contributed by atoms with Crippen LogP contribution < -0.4 is 0 Å². The summed E-state index contributed by atoms with van der Waals surface area (Å²) >= 11 is 0. The maximum absolute atomic E-state index is 13.8. The maximum Gasteiger partial charge on any atom is 0.333 e. The zero-order chi connectivity index (χ0) is 22.6. The van der Waals surface area contributed by atoms with E-state index in [0.29, 0.717) is 5.57 Å². The summed E-state index contributed by atoms with van der Waals surface area (Å²) in [6, 6.07) is 6.32. The first-order chi connectivity index (χ1) is 14.6. The van der Waals surface area contributed by atoms with Crippen LogP contribution in [-0.4, -0.2) is 42.5 Å². The number of benzene rings is 1. The SMILES string of the molecule is CCOC(=O)C1=CC[C@@]2(C1)C(=O)N(S(=O)(=O)c1ccc(C)cc1)C1(C)C=CC(=O)CC12. The van der Waals surface area contributed by atoms with Crippen LogP contribution in [0.2, 0.25) is 0 Å². The van der Waals surface area contributed by atoms with E-state index in [4.69, 9.17) is 4.74 Å². The Labute approximate surface area is 181 Å². The number of nitrogens with zero attached hydrogens (tertiary/aromatic N) is 1. The molecule has 1 aromatic carbocycles. The molecule has 1 fully saturated rings. The predicted molar refractivity (Wildman–Crippen MR) is 112 cm³/mol. The van der Waals surface area contributed by atoms with Gasteiger partial charge in [0, 0.05) is 17.9 Å². The van der Waals surface area contributed by atoms with Crippen molar-refractivity contribution in [3.8, 4) is 0 Å². The molecule has 2 unspecified atom stereocenters. The number of carbonyl (C=O) groups is 3. The molecule has 0 bridgehead atoms. The molecule has 1 aromatic rings. The summed E-state index contributed by atoms with van der Waals surface area (Å²) in [7, 11) is -4.18. The Hall–Kier alpha value is -2.74. The lowest BCUT2D eigenvalue weighted by atomic mass is 9.64. The summed E-state index contributed by atoms with van der Waals surface area (Å²) in [4.78, 5) is 38.5. The van der Waals surface area contributed by atoms with E-state index in [-0.39, 0.29) is 36.5 Å². The van der Waals surface area contributed by atoms with Crippen molar-refractivity contribution in [3.63, 3.8) is 0 Å². The Morgan fingerprint density at radius 2 is 1.90 bits per heavy atom. The van der Waals surface area contributed by atoms with Gasteiger partial charge in [-0.2, -0.15) is 0 Å². The number of fused-ring (bicyclic) bond motifs is 2. The van der Waals surface area contributed by atoms with Crippen molar-refractivity contribution >= 4 is 27.7 Å². The van der Waals surface area contributed by atoms with Gasteiger partial charge in [0.25, 0.3) is 10.0 Å². The molecule has 1 heterocycles. The molecule has 7 nitrogen and oxygen atoms in total. The van der Waals surface area contributed by atoms with E-state index in [1.54, 1.807) is 32.1 Å². The summed E-state index contributed by atoms with van der Waals surface area (Å²) in [6.45, 7) is 5.43. The number of esters is 1. The van der Waals surface area contributed by atoms with Crippen LogP contribution in [0.5, 0.6) is 0 Å². The number of allylic oxidation sites excluding steroid dienone is 2. The second kappa shape index (κ2) is 7.15. The molecular weight excluding hydrogens is 418 g/mol. The average Bonchev–Trinajstić information content (AvgIpc) is 3.23. The smallest absolute Gasteiger partial charge is 0.333 e. The van der Waals surface area contributed by atoms with Gasteiger partial charge in [0.15, 0.2) is 5.78 Å². The Morgan fingerprint density at radius 1 is 1.23 bits per heavy atom. The van der Waals surface area contributed by atoms with Crippen LogP contribution in [0, 0.1) is 18.3 Å². The summed E-state index contributed by atoms with van der Waals surface area (Å²) in [5.74, 6) is -1.82. The Morgan fingerprint density at radius 3 is 2.55 bits per heavy atom. The second-order valence-corrected chi connectivity index (χ2v) is 10.4. The fourth-order valence-corrected chi connectivity index (χ4v) is 6.97. The van der Waals surface area contributed by atoms with Crippen molar-refractivity contribution in [3.05, 3.63) is 53.6 Å². The molecule has 1 spiro atoms. The number of ketones is 1. The van der Waals surface area contributed by atoms with Crippen molar-refractivity contribution in [1.29, 1.82) is 0 Å². The first kappa shape index (κ1) is 21.5. The van der Waals surface area contributed by atoms with Gasteiger partial charge in [0.05, 0.1) is 22.5 Å². The Kier molecular flexibility index (Phi) is 4.96. The third kappa shape index (κ3) is 3.07. The molecule has 1 amide bonds. The summed E-state index contributed by atoms with van der Waals surface area (Å²) in [5, 5.41) is 0. The zero-order valence-electron chi connectivity index (χ0n) is 17.8. The fraction of sp³-hybridized carbons (Fsp3) is 0.435. The molecule has 0 saturated carbocycles. The van der Waals surface area contributed by atoms with Gasteiger partial charge < -0.3 is 4.74 Å². The number of sulfonamides is 1. The lowest BCUT2D eigenvalue weighted by Gasteiger charge is -2.39. The highest BCUT2D eigenvalue weighted by Gasteiger charge is 2.68. The molecular formula is C23H25NO6S. The summed E-state index contributed by atoms with van der Waals surface area (Å²) < 4.78 is 33.3. The Balaban J connectivity index is 1.82. The number of rotatable bonds is 4. The Bertz CT molecular complexity index is 1130. The number of carbonyl (C=O) groups excluding carboxylic acids is 3. The third-order valence-electron chi connectivity index (χ3n) is 6.75. The number of hydrogen-bond acceptors (Lipinski definition) is 6. The molecule has 0 radical (unpaired) electrons. The summed E-state index contributed by atoms with van der Waals surface area (Å²) in [6.07, 6.45) is 4.84. The minimum Gasteiger partial charge on any atom is -0.463 e. The van der Waals surface area contributed by atoms with Gasteiger partial charge in [-0.25, -0.2) is 17.5 Å². The molecule has 0 aromatic heterocycles. The molecule has 31 heavy (non-hydrogen) atoms. The topological polar surface area (TPSA) is 97.8 Å². The van der Waals surface area contributed by atoms with E-state index in [2.05, 4.69) is 0 Å². The van der Waals surface area contributed by atoms with E-state index in [9.17, 15) is 22.8 Å². The molecule has 2 aliphatic carbocycles. The van der Waals surface area contributed by atoms with Crippen molar-refractivity contribution in [2.24, 2.45) is 11.3 Å². The third-order valence-corrected chi connectivity index (χ3v) is 8.66. The quantitative estimate of drug-likeness (QED) is 0.664. The van der Waals surface area contributed by atoms with Gasteiger partial charge >= 0.3 is 5.97 Å². The first-order valence-electron chi connectivity index (χ1n) is 10.3. The number of hydrogen-bond donors (Lipinski definition) is 0. The fourth-order valence-electron chi connectivity index (χ4n) is 5.17. The van der Waals surface area contributed by atoms with Crippen LogP contribution in [0.4, 0.5) is 0 Å². The lowest BCUT2D eigenvalue weighted by molar-refractivity contribution is -0.139. The minimum absolute atomic E-state index is 0.0188. The first-order valence-corrected chi connectivity index (χ1v) is 11.7. The average molecular weight is 444 g/mol. The van der Waals surface area contributed by atoms with Gasteiger partial charge in [0.2, 0.25) is 5.91 Å². The standard InChI is InChI=1S/C23H25NO6S/c1-4-30-20(26)16-9-12-23(14-16)19-13-17(25)10-11-22(19,3)24(21(23)27)31(28,29)18-7-5-15(2)6-8-18/h5-11,19H,4,12-14H2,1-3H3/t19?,22?,23-/m0/s1. The van der Waals surface area contributed by atoms with E-state index in [0.717, 1.165) is 9.87 Å². The minimum atomic E-state index is -4.18. The lowest BCUT2D eigenvalue weighted by Crippen LogP contribution is -2.50. The number of ether oxygens (including phenoxy) is 1. The van der Waals surface area contributed by atoms with E-state index in [1.165, 1.54) is 24.3 Å². The highest BCUT2D eigenvalue weighted by Crippen LogP contribution is 2.60. The maximum atomic E-state index is 13.8. The second-order valence-electron chi connectivity index (χ2n) is 8.66. The molecule has 3 atom stereocenters. The van der Waals surface area contributed by atoms with Gasteiger partial charge in [-0.05, 0) is 51.8 Å². The van der Waals surface area contributed by atoms with Crippen molar-refractivity contribution < 1.29 is 27.5 Å². The van der Waals surface area contributed by atoms with Crippen LogP contribution in [0.25, 0.3) is 0 Å². The molecule has 1 saturated heterocycles. The molecule has 0 N–H and O–H groups in total. The largest absolute Gasteiger partial charge is 0.463 e. The van der Waals surface area contributed by atoms with Crippen LogP contribution in [0.3, 0.4) is 0 Å². The van der Waals surface area contributed by atoms with Crippen LogP contribution in [0.15, 0.2) is 53.0 Å². The van der Waals surface area contributed by atoms with Crippen molar-refractivity contribution in [2.75, 3.05) is 6.61 Å². The molecule has 1 aliphatic heterocycles. The molecule has 164 valence electrons. The highest BCUT2D eigenvalue weighted by atomic mass is 32.2. The van der Waals surface area contributed by atoms with E-state index in [1.807, 2.05) is 6.92 Å². The van der Waals surface area contributed by atoms with Gasteiger partial charge in [-0.3, -0.25) is 9.59 Å². The molecule has 3 aliphatic rings. The van der Waals surface area contributed by atoms with E-state index >= 15 is 0 Å². The van der Waals surface area contributed by atoms with Crippen LogP contribution >= 0.6 is 0 Å².